The van der Waals surface area contributed by atoms with E-state index in [1.165, 1.54) is 7.11 Å². The number of nitrogens with zero attached hydrogens (tertiary/aromatic N) is 1. The van der Waals surface area contributed by atoms with Gasteiger partial charge in [0.2, 0.25) is 5.88 Å². The van der Waals surface area contributed by atoms with Gasteiger partial charge in [-0.25, -0.2) is 4.98 Å². The third-order valence-corrected chi connectivity index (χ3v) is 4.17. The smallest absolute Gasteiger partial charge is 0.496 e. The molecule has 1 unspecified atom stereocenters. The molecule has 0 aromatic carbocycles. The van der Waals surface area contributed by atoms with Crippen LogP contribution < -0.4 is 14.9 Å². The fourth-order valence-corrected chi connectivity index (χ4v) is 2.23. The van der Waals surface area contributed by atoms with Crippen molar-refractivity contribution in [2.24, 2.45) is 0 Å². The lowest BCUT2D eigenvalue weighted by molar-refractivity contribution is 0.00578. The van der Waals surface area contributed by atoms with Crippen LogP contribution in [0.25, 0.3) is 0 Å². The van der Waals surface area contributed by atoms with Crippen molar-refractivity contribution in [3.8, 4) is 5.88 Å². The molecule has 0 radical (unpaired) electrons. The summed E-state index contributed by atoms with van der Waals surface area (Å²) in [4.78, 5) is 4.07. The van der Waals surface area contributed by atoms with Crippen molar-refractivity contribution < 1.29 is 22.8 Å². The number of aromatic nitrogens is 1. The number of ether oxygens (including phenoxy) is 1. The molecule has 7 nitrogen and oxygen atoms in total. The van der Waals surface area contributed by atoms with Crippen LogP contribution in [0.15, 0.2) is 12.3 Å². The number of hydrogen-bond donors (Lipinski definition) is 1. The van der Waals surface area contributed by atoms with Gasteiger partial charge in [0.15, 0.2) is 0 Å². The minimum absolute atomic E-state index is 0.180. The summed E-state index contributed by atoms with van der Waals surface area (Å²) in [6.45, 7) is 7.76. The monoisotopic (exact) mass is 313 g/mol. The maximum atomic E-state index is 10.8. The topological polar surface area (TPSA) is 92.7 Å². The highest BCUT2D eigenvalue weighted by atomic mass is 32.2. The van der Waals surface area contributed by atoms with Crippen molar-refractivity contribution in [1.29, 1.82) is 0 Å². The van der Waals surface area contributed by atoms with Gasteiger partial charge in [-0.05, 0) is 33.8 Å². The number of pyridine rings is 1. The van der Waals surface area contributed by atoms with Crippen molar-refractivity contribution >= 4 is 29.5 Å². The Morgan fingerprint density at radius 3 is 2.38 bits per heavy atom. The molecule has 0 spiro atoms. The predicted octanol–water partition coefficient (Wildman–Crippen LogP) is 0.595. The molecular formula is C12H18BN2O5S-. The van der Waals surface area contributed by atoms with E-state index in [0.29, 0.717) is 5.46 Å². The van der Waals surface area contributed by atoms with Crippen molar-refractivity contribution in [1.82, 2.24) is 4.98 Å². The van der Waals surface area contributed by atoms with Gasteiger partial charge in [-0.3, -0.25) is 4.21 Å². The minimum Gasteiger partial charge on any atom is -0.755 e. The molecule has 1 aliphatic heterocycles. The Bertz CT molecular complexity index is 551. The summed E-state index contributed by atoms with van der Waals surface area (Å²) in [7, 11) is 0.796. The Balaban J connectivity index is 2.32. The lowest BCUT2D eigenvalue weighted by Gasteiger charge is -2.32. The summed E-state index contributed by atoms with van der Waals surface area (Å²) >= 11 is -2.47. The molecule has 9 heteroatoms. The lowest BCUT2D eigenvalue weighted by atomic mass is 9.80. The van der Waals surface area contributed by atoms with Crippen LogP contribution in [0.3, 0.4) is 0 Å². The van der Waals surface area contributed by atoms with Crippen molar-refractivity contribution in [2.75, 3.05) is 11.8 Å². The third kappa shape index (κ3) is 3.21. The molecule has 0 amide bonds. The van der Waals surface area contributed by atoms with Gasteiger partial charge in [-0.1, -0.05) is 0 Å². The molecule has 1 atom stereocenters. The first-order valence-corrected chi connectivity index (χ1v) is 7.49. The lowest BCUT2D eigenvalue weighted by Crippen LogP contribution is -2.41. The number of methoxy groups -OCH3 is 1. The summed E-state index contributed by atoms with van der Waals surface area (Å²) in [5.74, 6) is 0.180. The van der Waals surface area contributed by atoms with Crippen LogP contribution in [-0.4, -0.2) is 39.2 Å². The Hall–Kier alpha value is -1.16. The Labute approximate surface area is 126 Å². The summed E-state index contributed by atoms with van der Waals surface area (Å²) in [6.07, 6.45) is 1.54. The summed E-state index contributed by atoms with van der Waals surface area (Å²) < 4.78 is 40.7. The van der Waals surface area contributed by atoms with E-state index in [4.69, 9.17) is 14.0 Å². The molecule has 1 saturated heterocycles. The third-order valence-electron chi connectivity index (χ3n) is 3.78. The summed E-state index contributed by atoms with van der Waals surface area (Å²) in [5.41, 5.74) is -0.112. The minimum atomic E-state index is -2.47. The fraction of sp³-hybridized carbons (Fsp3) is 0.583. The first-order chi connectivity index (χ1) is 9.66. The van der Waals surface area contributed by atoms with Crippen LogP contribution in [0.5, 0.6) is 5.88 Å². The highest BCUT2D eigenvalue weighted by molar-refractivity contribution is 7.80. The first kappa shape index (κ1) is 16.2. The standard InChI is InChI=1S/C12H19BN2O5S/c1-11(2)12(3,4)20-13(19-11)8-6-9(15-21(16)17)10(18-5)14-7-8/h6-7,15H,1-5H3,(H,16,17)/p-1. The van der Waals surface area contributed by atoms with Gasteiger partial charge in [-0.2, -0.15) is 0 Å². The second-order valence-corrected chi connectivity index (χ2v) is 6.42. The van der Waals surface area contributed by atoms with E-state index in [-0.39, 0.29) is 11.6 Å². The van der Waals surface area contributed by atoms with E-state index in [0.717, 1.165) is 0 Å². The molecule has 1 N–H and O–H groups in total. The van der Waals surface area contributed by atoms with Crippen molar-refractivity contribution in [3.05, 3.63) is 12.3 Å². The van der Waals surface area contributed by atoms with Crippen LogP contribution in [0.4, 0.5) is 5.69 Å². The molecule has 2 heterocycles. The van der Waals surface area contributed by atoms with Gasteiger partial charge in [0.05, 0.1) is 18.3 Å². The number of anilines is 1. The van der Waals surface area contributed by atoms with Gasteiger partial charge in [-0.15, -0.1) is 0 Å². The molecule has 0 saturated carbocycles. The van der Waals surface area contributed by atoms with E-state index in [2.05, 4.69) is 9.71 Å². The van der Waals surface area contributed by atoms with E-state index < -0.39 is 29.6 Å². The van der Waals surface area contributed by atoms with Crippen LogP contribution in [0, 0.1) is 0 Å². The number of nitrogens with one attached hydrogen (secondary N) is 1. The second kappa shape index (κ2) is 5.56. The van der Waals surface area contributed by atoms with Crippen LogP contribution in [0.2, 0.25) is 0 Å². The summed E-state index contributed by atoms with van der Waals surface area (Å²) in [6, 6.07) is 1.59. The molecule has 21 heavy (non-hydrogen) atoms. The normalized spacial score (nSPS) is 21.1. The van der Waals surface area contributed by atoms with Gasteiger partial charge >= 0.3 is 7.12 Å². The predicted molar refractivity (Wildman–Crippen MR) is 79.0 cm³/mol. The van der Waals surface area contributed by atoms with E-state index in [1.54, 1.807) is 12.3 Å². The Morgan fingerprint density at radius 1 is 1.33 bits per heavy atom. The van der Waals surface area contributed by atoms with Crippen LogP contribution in [0.1, 0.15) is 27.7 Å². The molecule has 1 aromatic rings. The molecular weight excluding hydrogens is 295 g/mol. The van der Waals surface area contributed by atoms with Crippen LogP contribution in [-0.2, 0) is 20.6 Å². The van der Waals surface area contributed by atoms with Gasteiger partial charge < -0.3 is 23.3 Å². The van der Waals surface area contributed by atoms with Gasteiger partial charge in [0, 0.05) is 22.9 Å². The zero-order valence-electron chi connectivity index (χ0n) is 12.6. The quantitative estimate of drug-likeness (QED) is 0.646. The Morgan fingerprint density at radius 2 is 1.90 bits per heavy atom. The fourth-order valence-electron chi connectivity index (χ4n) is 1.90. The van der Waals surface area contributed by atoms with Crippen LogP contribution >= 0.6 is 0 Å². The molecule has 1 fully saturated rings. The highest BCUT2D eigenvalue weighted by Gasteiger charge is 2.51. The summed E-state index contributed by atoms with van der Waals surface area (Å²) in [5, 5.41) is 0. The van der Waals surface area contributed by atoms with Gasteiger partial charge in [0.1, 0.15) is 5.69 Å². The largest absolute Gasteiger partial charge is 0.755 e. The molecule has 116 valence electrons. The molecule has 0 aliphatic carbocycles. The van der Waals surface area contributed by atoms with E-state index >= 15 is 0 Å². The molecule has 0 bridgehead atoms. The van der Waals surface area contributed by atoms with Gasteiger partial charge in [0.25, 0.3) is 0 Å². The number of rotatable bonds is 4. The molecule has 1 aliphatic rings. The van der Waals surface area contributed by atoms with Crippen molar-refractivity contribution in [2.45, 2.75) is 38.9 Å². The average molecular weight is 313 g/mol. The highest BCUT2D eigenvalue weighted by Crippen LogP contribution is 2.36. The zero-order valence-corrected chi connectivity index (χ0v) is 13.4. The second-order valence-electron chi connectivity index (χ2n) is 5.75. The zero-order chi connectivity index (χ0) is 15.8. The molecule has 1 aromatic heterocycles. The first-order valence-electron chi connectivity index (χ1n) is 6.42. The number of hydrogen-bond acceptors (Lipinski definition) is 6. The Kier molecular flexibility index (Phi) is 4.30. The van der Waals surface area contributed by atoms with E-state index in [1.807, 2.05) is 27.7 Å². The maximum absolute atomic E-state index is 10.8. The maximum Gasteiger partial charge on any atom is 0.496 e. The average Bonchev–Trinajstić information content (AvgIpc) is 2.57. The van der Waals surface area contributed by atoms with Crippen molar-refractivity contribution in [3.63, 3.8) is 0 Å². The SMILES string of the molecule is COc1ncc(B2OC(C)(C)C(C)(C)O2)cc1NS(=O)[O-]. The molecule has 2 rings (SSSR count). The van der Waals surface area contributed by atoms with E-state index in [9.17, 15) is 8.76 Å².